The van der Waals surface area contributed by atoms with Crippen LogP contribution in [-0.2, 0) is 0 Å². The van der Waals surface area contributed by atoms with Gasteiger partial charge >= 0.3 is 0 Å². The predicted octanol–water partition coefficient (Wildman–Crippen LogP) is 10.5. The first-order chi connectivity index (χ1) is 26.9. The number of carbonyl (C=O) groups is 4. The molecule has 4 amide bonds. The van der Waals surface area contributed by atoms with Crippen LogP contribution in [0.1, 0.15) is 80.3 Å². The number of fused-ring (bicyclic) bond motifs is 2. The lowest BCUT2D eigenvalue weighted by Gasteiger charge is -2.22. The zero-order valence-electron chi connectivity index (χ0n) is 32.0. The first-order valence-electron chi connectivity index (χ1n) is 18.7. The van der Waals surface area contributed by atoms with Gasteiger partial charge in [-0.15, -0.1) is 0 Å². The number of amides is 4. The highest BCUT2D eigenvalue weighted by Gasteiger charge is 2.40. The van der Waals surface area contributed by atoms with Gasteiger partial charge in [0.1, 0.15) is 11.5 Å². The fraction of sp³-hybridized carbons (Fsp3) is 0.167. The van der Waals surface area contributed by atoms with Gasteiger partial charge in [-0.1, -0.05) is 83.9 Å². The zero-order valence-corrected chi connectivity index (χ0v) is 32.0. The van der Waals surface area contributed by atoms with Crippen molar-refractivity contribution in [3.63, 3.8) is 0 Å². The summed E-state index contributed by atoms with van der Waals surface area (Å²) >= 11 is 0. The van der Waals surface area contributed by atoms with E-state index >= 15 is 0 Å². The van der Waals surface area contributed by atoms with Gasteiger partial charge in [0.2, 0.25) is 0 Å². The van der Waals surface area contributed by atoms with Gasteiger partial charge in [0.25, 0.3) is 23.6 Å². The van der Waals surface area contributed by atoms with Crippen LogP contribution < -0.4 is 19.3 Å². The zero-order chi connectivity index (χ0) is 39.4. The molecule has 0 bridgehead atoms. The van der Waals surface area contributed by atoms with Crippen LogP contribution in [0.2, 0.25) is 0 Å². The number of imide groups is 2. The van der Waals surface area contributed by atoms with Crippen molar-refractivity contribution in [3.05, 3.63) is 155 Å². The van der Waals surface area contributed by atoms with Crippen LogP contribution in [0.5, 0.6) is 11.5 Å². The normalized spacial score (nSPS) is 13.6. The molecule has 0 atom stereocenters. The SMILES string of the molecule is Cc1ccc(-c2ccc3c(c2)C(=O)N(c2ccc(-c4ccc(N5C(=O)c6ccc(-c7ccc(C)cc7)cc6C5=O)c(OC(C)C)c4)cc2OC(C)C)C3=O)cc1. The minimum Gasteiger partial charge on any atom is -0.489 e. The van der Waals surface area contributed by atoms with E-state index in [2.05, 4.69) is 0 Å². The number of rotatable bonds is 9. The molecule has 0 N–H and O–H groups in total. The van der Waals surface area contributed by atoms with Crippen molar-refractivity contribution >= 4 is 35.0 Å². The Bertz CT molecular complexity index is 2410. The Labute approximate surface area is 325 Å². The highest BCUT2D eigenvalue weighted by Crippen LogP contribution is 2.43. The van der Waals surface area contributed by atoms with E-state index in [1.807, 2.05) is 114 Å². The molecule has 2 heterocycles. The number of carbonyl (C=O) groups excluding carboxylic acids is 4. The maximum Gasteiger partial charge on any atom is 0.266 e. The molecule has 0 spiro atoms. The summed E-state index contributed by atoms with van der Waals surface area (Å²) in [5.41, 5.74) is 9.26. The molecule has 8 nitrogen and oxygen atoms in total. The lowest BCUT2D eigenvalue weighted by molar-refractivity contribution is 0.0908. The number of aryl methyl sites for hydroxylation is 2. The van der Waals surface area contributed by atoms with Crippen LogP contribution in [0.3, 0.4) is 0 Å². The van der Waals surface area contributed by atoms with E-state index in [0.29, 0.717) is 56.3 Å². The van der Waals surface area contributed by atoms with Gasteiger partial charge in [-0.25, -0.2) is 9.80 Å². The first-order valence-corrected chi connectivity index (χ1v) is 18.7. The third-order valence-electron chi connectivity index (χ3n) is 10.0. The average molecular weight is 741 g/mol. The molecule has 0 unspecified atom stereocenters. The number of nitrogens with zero attached hydrogens (tertiary/aromatic N) is 2. The lowest BCUT2D eigenvalue weighted by atomic mass is 9.99. The van der Waals surface area contributed by atoms with Crippen LogP contribution in [0.15, 0.2) is 121 Å². The summed E-state index contributed by atoms with van der Waals surface area (Å²) in [6.07, 6.45) is -0.537. The molecule has 2 aliphatic rings. The number of hydrogen-bond donors (Lipinski definition) is 0. The van der Waals surface area contributed by atoms with Gasteiger partial charge in [0, 0.05) is 0 Å². The Kier molecular flexibility index (Phi) is 9.13. The molecular weight excluding hydrogens is 701 g/mol. The highest BCUT2D eigenvalue weighted by molar-refractivity contribution is 6.36. The molecule has 0 aromatic heterocycles. The van der Waals surface area contributed by atoms with E-state index in [1.54, 1.807) is 48.5 Å². The number of ether oxygens (including phenoxy) is 2. The average Bonchev–Trinajstić information content (AvgIpc) is 3.57. The number of anilines is 2. The third kappa shape index (κ3) is 6.43. The van der Waals surface area contributed by atoms with Crippen molar-refractivity contribution in [1.29, 1.82) is 0 Å². The lowest BCUT2D eigenvalue weighted by Crippen LogP contribution is -2.30. The van der Waals surface area contributed by atoms with Crippen LogP contribution in [0.4, 0.5) is 11.4 Å². The van der Waals surface area contributed by atoms with Gasteiger partial charge in [-0.05, 0) is 123 Å². The maximum absolute atomic E-state index is 14.0. The molecule has 0 saturated heterocycles. The van der Waals surface area contributed by atoms with Gasteiger partial charge < -0.3 is 9.47 Å². The molecule has 2 aliphatic heterocycles. The first kappa shape index (κ1) is 36.2. The fourth-order valence-corrected chi connectivity index (χ4v) is 7.22. The summed E-state index contributed by atoms with van der Waals surface area (Å²) in [6, 6.07) is 37.3. The van der Waals surface area contributed by atoms with Crippen molar-refractivity contribution in [1.82, 2.24) is 0 Å². The maximum atomic E-state index is 14.0. The van der Waals surface area contributed by atoms with E-state index in [1.165, 1.54) is 9.80 Å². The van der Waals surface area contributed by atoms with Crippen LogP contribution in [0.25, 0.3) is 33.4 Å². The van der Waals surface area contributed by atoms with E-state index in [-0.39, 0.29) is 12.2 Å². The molecule has 0 fully saturated rings. The minimum absolute atomic E-state index is 0.269. The summed E-state index contributed by atoms with van der Waals surface area (Å²) in [7, 11) is 0. The standard InChI is InChI=1S/C48H40N2O6/c1-27(2)55-43-25-35(17-21-41(43)49-45(51)37-19-15-33(23-39(37)47(49)53)31-11-7-29(5)8-12-31)36-18-22-42(44(26-36)56-28(3)4)50-46(52)38-20-16-34(24-40(38)48(50)54)32-13-9-30(6)10-14-32/h7-28H,1-6H3. The van der Waals surface area contributed by atoms with Gasteiger partial charge in [0.05, 0.1) is 45.8 Å². The molecular formula is C48H40N2O6. The van der Waals surface area contributed by atoms with E-state index in [4.69, 9.17) is 9.47 Å². The summed E-state index contributed by atoms with van der Waals surface area (Å²) in [5.74, 6) is -0.998. The molecule has 0 saturated carbocycles. The van der Waals surface area contributed by atoms with E-state index < -0.39 is 23.6 Å². The van der Waals surface area contributed by atoms with Crippen molar-refractivity contribution in [2.24, 2.45) is 0 Å². The minimum atomic E-state index is -0.427. The van der Waals surface area contributed by atoms with Crippen LogP contribution in [0, 0.1) is 13.8 Å². The largest absolute Gasteiger partial charge is 0.489 e. The smallest absolute Gasteiger partial charge is 0.266 e. The molecule has 0 radical (unpaired) electrons. The second-order valence-corrected chi connectivity index (χ2v) is 14.8. The Morgan fingerprint density at radius 2 is 0.679 bits per heavy atom. The molecule has 6 aromatic carbocycles. The Hall–Kier alpha value is -6.80. The van der Waals surface area contributed by atoms with Crippen molar-refractivity contribution in [2.75, 3.05) is 9.80 Å². The van der Waals surface area contributed by atoms with Gasteiger partial charge in [-0.3, -0.25) is 19.2 Å². The van der Waals surface area contributed by atoms with Crippen molar-refractivity contribution in [2.45, 2.75) is 53.8 Å². The van der Waals surface area contributed by atoms with Gasteiger partial charge in [0.15, 0.2) is 0 Å². The highest BCUT2D eigenvalue weighted by atomic mass is 16.5. The topological polar surface area (TPSA) is 93.2 Å². The monoisotopic (exact) mass is 740 g/mol. The number of hydrogen-bond acceptors (Lipinski definition) is 6. The summed E-state index contributed by atoms with van der Waals surface area (Å²) in [4.78, 5) is 57.9. The van der Waals surface area contributed by atoms with Gasteiger partial charge in [-0.2, -0.15) is 0 Å². The molecule has 0 aliphatic carbocycles. The number of benzene rings is 6. The summed E-state index contributed by atoms with van der Waals surface area (Å²) in [6.45, 7) is 11.5. The molecule has 6 aromatic rings. The Morgan fingerprint density at radius 1 is 0.375 bits per heavy atom. The second-order valence-electron chi connectivity index (χ2n) is 14.8. The van der Waals surface area contributed by atoms with E-state index in [9.17, 15) is 19.2 Å². The Morgan fingerprint density at radius 3 is 1.04 bits per heavy atom. The summed E-state index contributed by atoms with van der Waals surface area (Å²) < 4.78 is 12.5. The predicted molar refractivity (Wildman–Crippen MR) is 219 cm³/mol. The quantitative estimate of drug-likeness (QED) is 0.137. The van der Waals surface area contributed by atoms with E-state index in [0.717, 1.165) is 33.4 Å². The summed E-state index contributed by atoms with van der Waals surface area (Å²) in [5, 5.41) is 0. The molecule has 8 rings (SSSR count). The second kappa shape index (κ2) is 14.1. The van der Waals surface area contributed by atoms with Crippen molar-refractivity contribution < 1.29 is 28.7 Å². The fourth-order valence-electron chi connectivity index (χ4n) is 7.22. The molecule has 278 valence electrons. The van der Waals surface area contributed by atoms with Crippen LogP contribution in [-0.4, -0.2) is 35.8 Å². The molecule has 8 heteroatoms. The Balaban J connectivity index is 1.13. The third-order valence-corrected chi connectivity index (χ3v) is 10.0. The molecule has 56 heavy (non-hydrogen) atoms. The van der Waals surface area contributed by atoms with Crippen LogP contribution >= 0.6 is 0 Å². The van der Waals surface area contributed by atoms with Crippen molar-refractivity contribution in [3.8, 4) is 44.9 Å².